The Bertz CT molecular complexity index is 263. The van der Waals surface area contributed by atoms with Gasteiger partial charge in [0.25, 0.3) is 0 Å². The highest BCUT2D eigenvalue weighted by atomic mass is 16.2. The van der Waals surface area contributed by atoms with E-state index < -0.39 is 0 Å². The van der Waals surface area contributed by atoms with Crippen molar-refractivity contribution in [1.82, 2.24) is 10.2 Å². The minimum Gasteiger partial charge on any atom is -0.329 e. The standard InChI is InChI=1S/C16H32N2O/c1-13(2)9-7-5-6-8-10-18-12-17-15(16(18)19)11-14(3)4/h13-15,17H,5-12H2,1-4H3. The predicted molar refractivity (Wildman–Crippen MR) is 80.9 cm³/mol. The summed E-state index contributed by atoms with van der Waals surface area (Å²) in [7, 11) is 0. The van der Waals surface area contributed by atoms with Crippen LogP contribution in [0.15, 0.2) is 0 Å². The minimum atomic E-state index is 0.0703. The molecule has 1 amide bonds. The number of rotatable bonds is 9. The number of amides is 1. The predicted octanol–water partition coefficient (Wildman–Crippen LogP) is 3.40. The third-order valence-electron chi connectivity index (χ3n) is 3.80. The first-order valence-corrected chi connectivity index (χ1v) is 8.03. The summed E-state index contributed by atoms with van der Waals surface area (Å²) in [6.07, 6.45) is 7.35. The summed E-state index contributed by atoms with van der Waals surface area (Å²) in [5.74, 6) is 1.72. The van der Waals surface area contributed by atoms with Crippen molar-refractivity contribution in [1.29, 1.82) is 0 Å². The Morgan fingerprint density at radius 3 is 2.42 bits per heavy atom. The zero-order chi connectivity index (χ0) is 14.3. The van der Waals surface area contributed by atoms with Gasteiger partial charge < -0.3 is 4.90 Å². The highest BCUT2D eigenvalue weighted by Crippen LogP contribution is 2.14. The van der Waals surface area contributed by atoms with Crippen molar-refractivity contribution < 1.29 is 4.79 Å². The van der Waals surface area contributed by atoms with Gasteiger partial charge in [0.1, 0.15) is 0 Å². The molecule has 3 nitrogen and oxygen atoms in total. The first kappa shape index (κ1) is 16.5. The van der Waals surface area contributed by atoms with Crippen LogP contribution in [0.4, 0.5) is 0 Å². The summed E-state index contributed by atoms with van der Waals surface area (Å²) in [5.41, 5.74) is 0. The SMILES string of the molecule is CC(C)CCCCCCN1CNC(CC(C)C)C1=O. The maximum Gasteiger partial charge on any atom is 0.240 e. The Morgan fingerprint density at radius 2 is 1.79 bits per heavy atom. The van der Waals surface area contributed by atoms with Crippen LogP contribution in [0.5, 0.6) is 0 Å². The molecule has 112 valence electrons. The molecule has 0 spiro atoms. The molecule has 0 radical (unpaired) electrons. The Kier molecular flexibility index (Phi) is 7.44. The number of hydrogen-bond acceptors (Lipinski definition) is 2. The van der Waals surface area contributed by atoms with E-state index in [1.54, 1.807) is 0 Å². The quantitative estimate of drug-likeness (QED) is 0.650. The fourth-order valence-electron chi connectivity index (χ4n) is 2.66. The molecule has 0 saturated carbocycles. The van der Waals surface area contributed by atoms with E-state index in [-0.39, 0.29) is 6.04 Å². The van der Waals surface area contributed by atoms with E-state index in [4.69, 9.17) is 0 Å². The number of unbranched alkanes of at least 4 members (excludes halogenated alkanes) is 3. The van der Waals surface area contributed by atoms with Crippen molar-refractivity contribution in [2.24, 2.45) is 11.8 Å². The zero-order valence-electron chi connectivity index (χ0n) is 13.2. The van der Waals surface area contributed by atoms with Gasteiger partial charge in [-0.05, 0) is 24.7 Å². The smallest absolute Gasteiger partial charge is 0.240 e. The van der Waals surface area contributed by atoms with E-state index in [2.05, 4.69) is 33.0 Å². The molecule has 0 bridgehead atoms. The Labute approximate surface area is 119 Å². The van der Waals surface area contributed by atoms with Crippen LogP contribution < -0.4 is 5.32 Å². The topological polar surface area (TPSA) is 32.3 Å². The molecule has 1 aliphatic heterocycles. The van der Waals surface area contributed by atoms with Crippen molar-refractivity contribution in [3.8, 4) is 0 Å². The number of nitrogens with one attached hydrogen (secondary N) is 1. The van der Waals surface area contributed by atoms with Crippen LogP contribution in [-0.2, 0) is 4.79 Å². The molecular weight excluding hydrogens is 236 g/mol. The van der Waals surface area contributed by atoms with Gasteiger partial charge in [0.2, 0.25) is 5.91 Å². The van der Waals surface area contributed by atoms with E-state index in [0.717, 1.165) is 32.0 Å². The largest absolute Gasteiger partial charge is 0.329 e. The van der Waals surface area contributed by atoms with Gasteiger partial charge in [0.15, 0.2) is 0 Å². The van der Waals surface area contributed by atoms with Crippen molar-refractivity contribution in [3.63, 3.8) is 0 Å². The Morgan fingerprint density at radius 1 is 1.11 bits per heavy atom. The summed E-state index contributed by atoms with van der Waals surface area (Å²) in [6.45, 7) is 10.6. The Hall–Kier alpha value is -0.570. The average Bonchev–Trinajstić information content (AvgIpc) is 2.65. The van der Waals surface area contributed by atoms with Crippen LogP contribution >= 0.6 is 0 Å². The van der Waals surface area contributed by atoms with Gasteiger partial charge in [-0.2, -0.15) is 0 Å². The lowest BCUT2D eigenvalue weighted by atomic mass is 10.0. The third kappa shape index (κ3) is 6.42. The molecule has 0 aromatic carbocycles. The second-order valence-corrected chi connectivity index (χ2v) is 6.74. The number of carbonyl (C=O) groups is 1. The van der Waals surface area contributed by atoms with Crippen molar-refractivity contribution in [3.05, 3.63) is 0 Å². The van der Waals surface area contributed by atoms with Gasteiger partial charge in [0, 0.05) is 6.54 Å². The molecule has 19 heavy (non-hydrogen) atoms. The first-order valence-electron chi connectivity index (χ1n) is 8.03. The highest BCUT2D eigenvalue weighted by Gasteiger charge is 2.30. The van der Waals surface area contributed by atoms with Gasteiger partial charge in [-0.15, -0.1) is 0 Å². The van der Waals surface area contributed by atoms with Gasteiger partial charge in [-0.3, -0.25) is 10.1 Å². The van der Waals surface area contributed by atoms with E-state index >= 15 is 0 Å². The zero-order valence-corrected chi connectivity index (χ0v) is 13.2. The molecular formula is C16H32N2O. The second-order valence-electron chi connectivity index (χ2n) is 6.74. The van der Waals surface area contributed by atoms with Crippen LogP contribution in [0.2, 0.25) is 0 Å². The molecule has 1 unspecified atom stereocenters. The van der Waals surface area contributed by atoms with Crippen LogP contribution in [0.1, 0.15) is 66.2 Å². The van der Waals surface area contributed by atoms with Crippen molar-refractivity contribution >= 4 is 5.91 Å². The molecule has 0 aromatic heterocycles. The van der Waals surface area contributed by atoms with Crippen LogP contribution in [0.25, 0.3) is 0 Å². The first-order chi connectivity index (χ1) is 9.00. The van der Waals surface area contributed by atoms with Crippen LogP contribution in [0, 0.1) is 11.8 Å². The van der Waals surface area contributed by atoms with E-state index in [1.165, 1.54) is 25.7 Å². The van der Waals surface area contributed by atoms with Gasteiger partial charge in [0.05, 0.1) is 12.7 Å². The molecule has 1 rings (SSSR count). The van der Waals surface area contributed by atoms with Gasteiger partial charge in [-0.25, -0.2) is 0 Å². The minimum absolute atomic E-state index is 0.0703. The van der Waals surface area contributed by atoms with Gasteiger partial charge >= 0.3 is 0 Å². The average molecular weight is 268 g/mol. The molecule has 3 heteroatoms. The fraction of sp³-hybridized carbons (Fsp3) is 0.938. The summed E-state index contributed by atoms with van der Waals surface area (Å²) in [4.78, 5) is 14.1. The number of carbonyl (C=O) groups excluding carboxylic acids is 1. The molecule has 1 saturated heterocycles. The van der Waals surface area contributed by atoms with E-state index in [9.17, 15) is 4.79 Å². The molecule has 0 aromatic rings. The van der Waals surface area contributed by atoms with Crippen molar-refractivity contribution in [2.75, 3.05) is 13.2 Å². The lowest BCUT2D eigenvalue weighted by molar-refractivity contribution is -0.129. The maximum atomic E-state index is 12.1. The fourth-order valence-corrected chi connectivity index (χ4v) is 2.66. The second kappa shape index (κ2) is 8.57. The van der Waals surface area contributed by atoms with Gasteiger partial charge in [-0.1, -0.05) is 53.4 Å². The summed E-state index contributed by atoms with van der Waals surface area (Å²) in [5, 5.41) is 3.33. The summed E-state index contributed by atoms with van der Waals surface area (Å²) in [6, 6.07) is 0.0703. The molecule has 1 atom stereocenters. The molecule has 0 aliphatic carbocycles. The van der Waals surface area contributed by atoms with E-state index in [1.807, 2.05) is 4.90 Å². The lowest BCUT2D eigenvalue weighted by Gasteiger charge is -2.16. The lowest BCUT2D eigenvalue weighted by Crippen LogP contribution is -2.32. The number of hydrogen-bond donors (Lipinski definition) is 1. The molecule has 1 N–H and O–H groups in total. The van der Waals surface area contributed by atoms with Crippen LogP contribution in [0.3, 0.4) is 0 Å². The third-order valence-corrected chi connectivity index (χ3v) is 3.80. The molecule has 1 heterocycles. The monoisotopic (exact) mass is 268 g/mol. The van der Waals surface area contributed by atoms with Crippen LogP contribution in [-0.4, -0.2) is 30.1 Å². The molecule has 1 aliphatic rings. The maximum absolute atomic E-state index is 12.1. The Balaban J connectivity index is 2.09. The number of nitrogens with zero attached hydrogens (tertiary/aromatic N) is 1. The summed E-state index contributed by atoms with van der Waals surface area (Å²) < 4.78 is 0. The summed E-state index contributed by atoms with van der Waals surface area (Å²) >= 11 is 0. The van der Waals surface area contributed by atoms with E-state index in [0.29, 0.717) is 11.8 Å². The normalized spacial score (nSPS) is 20.0. The highest BCUT2D eigenvalue weighted by molar-refractivity contribution is 5.83. The van der Waals surface area contributed by atoms with Crippen molar-refractivity contribution in [2.45, 2.75) is 72.3 Å². The molecule has 1 fully saturated rings.